The third-order valence-corrected chi connectivity index (χ3v) is 3.91. The maximum atomic E-state index is 12.2. The van der Waals surface area contributed by atoms with Crippen LogP contribution in [0.2, 0.25) is 5.02 Å². The van der Waals surface area contributed by atoms with Gasteiger partial charge in [0.15, 0.2) is 0 Å². The molecule has 4 nitrogen and oxygen atoms in total. The highest BCUT2D eigenvalue weighted by molar-refractivity contribution is 6.31. The number of fused-ring (bicyclic) bond motifs is 3. The van der Waals surface area contributed by atoms with E-state index in [4.69, 9.17) is 11.6 Å². The van der Waals surface area contributed by atoms with E-state index in [0.717, 1.165) is 27.7 Å². The van der Waals surface area contributed by atoms with E-state index in [1.165, 1.54) is 4.52 Å². The highest BCUT2D eigenvalue weighted by atomic mass is 35.5. The maximum absolute atomic E-state index is 12.2. The molecule has 4 aromatic rings. The van der Waals surface area contributed by atoms with Crippen LogP contribution in [0.5, 0.6) is 0 Å². The molecule has 0 unspecified atom stereocenters. The topological polar surface area (TPSA) is 50.2 Å². The zero-order valence-electron chi connectivity index (χ0n) is 13.6. The normalized spacial score (nSPS) is 10.6. The van der Waals surface area contributed by atoms with Crippen molar-refractivity contribution >= 4 is 28.0 Å². The average Bonchev–Trinajstić information content (AvgIpc) is 3.03. The van der Waals surface area contributed by atoms with E-state index in [9.17, 15) is 4.79 Å². The van der Waals surface area contributed by atoms with Crippen LogP contribution in [0, 0.1) is 0 Å². The zero-order chi connectivity index (χ0) is 17.1. The molecule has 5 heteroatoms. The lowest BCUT2D eigenvalue weighted by Gasteiger charge is -2.00. The van der Waals surface area contributed by atoms with E-state index in [0.29, 0.717) is 11.4 Å². The van der Waals surface area contributed by atoms with E-state index in [1.807, 2.05) is 62.4 Å². The number of halogens is 1. The summed E-state index contributed by atoms with van der Waals surface area (Å²) in [6.45, 7) is 4.00. The molecule has 24 heavy (non-hydrogen) atoms. The minimum atomic E-state index is -0.246. The Morgan fingerprint density at radius 3 is 2.58 bits per heavy atom. The van der Waals surface area contributed by atoms with Crippen molar-refractivity contribution in [3.8, 4) is 0 Å². The van der Waals surface area contributed by atoms with Gasteiger partial charge in [0.05, 0.1) is 16.7 Å². The van der Waals surface area contributed by atoms with Crippen LogP contribution in [0.15, 0.2) is 59.4 Å². The molecule has 0 atom stereocenters. The molecule has 4 rings (SSSR count). The summed E-state index contributed by atoms with van der Waals surface area (Å²) < 4.78 is 1.40. The van der Waals surface area contributed by atoms with Gasteiger partial charge < -0.3 is 4.98 Å². The molecule has 0 aliphatic rings. The largest absolute Gasteiger partial charge is 0.347 e. The zero-order valence-corrected chi connectivity index (χ0v) is 14.3. The van der Waals surface area contributed by atoms with Crippen LogP contribution < -0.4 is 5.69 Å². The smallest absolute Gasteiger partial charge is 0.305 e. The molecule has 0 saturated heterocycles. The summed E-state index contributed by atoms with van der Waals surface area (Å²) in [5.74, 6) is 0. The molecule has 0 fully saturated rings. The molecule has 0 amide bonds. The first-order chi connectivity index (χ1) is 11.7. The van der Waals surface area contributed by atoms with Gasteiger partial charge in [0.25, 0.3) is 0 Å². The van der Waals surface area contributed by atoms with Gasteiger partial charge >= 0.3 is 5.69 Å². The highest BCUT2D eigenvalue weighted by Gasteiger charge is 2.10. The quantitative estimate of drug-likeness (QED) is 0.586. The Morgan fingerprint density at radius 2 is 1.83 bits per heavy atom. The van der Waals surface area contributed by atoms with Crippen molar-refractivity contribution in [3.05, 3.63) is 81.4 Å². The third kappa shape index (κ3) is 3.05. The van der Waals surface area contributed by atoms with Gasteiger partial charge in [-0.15, -0.1) is 0 Å². The second-order valence-corrected chi connectivity index (χ2v) is 5.65. The minimum absolute atomic E-state index is 0.246. The molecular formula is C19H18ClN3O. The second-order valence-electron chi connectivity index (χ2n) is 5.22. The molecule has 0 saturated carbocycles. The van der Waals surface area contributed by atoms with Gasteiger partial charge in [0.1, 0.15) is 0 Å². The van der Waals surface area contributed by atoms with E-state index in [-0.39, 0.29) is 5.69 Å². The number of nitrogens with one attached hydrogen (secondary N) is 1. The summed E-state index contributed by atoms with van der Waals surface area (Å²) in [5, 5.41) is 5.94. The summed E-state index contributed by atoms with van der Waals surface area (Å²) in [6.07, 6.45) is 0.685. The fraction of sp³-hybridized carbons (Fsp3) is 0.158. The molecule has 0 radical (unpaired) electrons. The highest BCUT2D eigenvalue weighted by Crippen LogP contribution is 2.22. The fourth-order valence-electron chi connectivity index (χ4n) is 2.67. The number of aromatic amines is 1. The van der Waals surface area contributed by atoms with E-state index >= 15 is 0 Å². The summed E-state index contributed by atoms with van der Waals surface area (Å²) in [4.78, 5) is 15.0. The number of H-pyrrole nitrogens is 1. The number of aromatic nitrogens is 3. The lowest BCUT2D eigenvalue weighted by molar-refractivity contribution is 0.850. The molecule has 0 aliphatic carbocycles. The Hall–Kier alpha value is -2.59. The van der Waals surface area contributed by atoms with Crippen molar-refractivity contribution in [2.75, 3.05) is 0 Å². The van der Waals surface area contributed by atoms with Crippen LogP contribution in [0.3, 0.4) is 0 Å². The first-order valence-corrected chi connectivity index (χ1v) is 8.33. The number of hydrogen-bond acceptors (Lipinski definition) is 2. The van der Waals surface area contributed by atoms with Crippen molar-refractivity contribution in [1.29, 1.82) is 0 Å². The van der Waals surface area contributed by atoms with E-state index < -0.39 is 0 Å². The monoisotopic (exact) mass is 339 g/mol. The van der Waals surface area contributed by atoms with Crippen LogP contribution in [0.25, 0.3) is 16.4 Å². The predicted octanol–water partition coefficient (Wildman–Crippen LogP) is 4.45. The first-order valence-electron chi connectivity index (χ1n) is 7.95. The van der Waals surface area contributed by atoms with Gasteiger partial charge in [-0.25, -0.2) is 4.79 Å². The van der Waals surface area contributed by atoms with Crippen molar-refractivity contribution in [2.24, 2.45) is 0 Å². The Morgan fingerprint density at radius 1 is 1.08 bits per heavy atom. The third-order valence-electron chi connectivity index (χ3n) is 3.68. The van der Waals surface area contributed by atoms with Crippen LogP contribution >= 0.6 is 11.6 Å². The fourth-order valence-corrected chi connectivity index (χ4v) is 2.85. The average molecular weight is 340 g/mol. The van der Waals surface area contributed by atoms with Crippen molar-refractivity contribution in [3.63, 3.8) is 0 Å². The van der Waals surface area contributed by atoms with Crippen LogP contribution in [0.4, 0.5) is 0 Å². The molecule has 2 heterocycles. The summed E-state index contributed by atoms with van der Waals surface area (Å²) >= 11 is 6.07. The van der Waals surface area contributed by atoms with Gasteiger partial charge in [-0.1, -0.05) is 55.8 Å². The molecule has 0 aliphatic heterocycles. The van der Waals surface area contributed by atoms with E-state index in [2.05, 4.69) is 10.1 Å². The number of nitrogens with zero attached hydrogens (tertiary/aromatic N) is 2. The van der Waals surface area contributed by atoms with Gasteiger partial charge in [-0.05, 0) is 29.8 Å². The molecular weight excluding hydrogens is 322 g/mol. The SMILES string of the molecule is CC.O=c1[nH]c2ccc(Cl)cc2c2cc(Cc3ccccc3)nn12. The van der Waals surface area contributed by atoms with Crippen LogP contribution in [-0.2, 0) is 6.42 Å². The standard InChI is InChI=1S/C17H12ClN3O.C2H6/c18-12-6-7-15-14(9-12)16-10-13(20-21(16)17(22)19-15)8-11-4-2-1-3-5-11;1-2/h1-7,9-10H,8H2,(H,19,22);1-2H3. The van der Waals surface area contributed by atoms with Gasteiger partial charge in [-0.2, -0.15) is 9.61 Å². The molecule has 0 bridgehead atoms. The van der Waals surface area contributed by atoms with Crippen LogP contribution in [-0.4, -0.2) is 14.6 Å². The minimum Gasteiger partial charge on any atom is -0.305 e. The number of hydrogen-bond donors (Lipinski definition) is 1. The Bertz CT molecular complexity index is 1040. The molecule has 0 spiro atoms. The Labute approximate surface area is 144 Å². The van der Waals surface area contributed by atoms with Crippen molar-refractivity contribution < 1.29 is 0 Å². The number of benzene rings is 2. The summed E-state index contributed by atoms with van der Waals surface area (Å²) in [7, 11) is 0. The molecule has 1 N–H and O–H groups in total. The summed E-state index contributed by atoms with van der Waals surface area (Å²) in [5.41, 5.74) is 3.29. The Balaban J connectivity index is 0.000000815. The second kappa shape index (κ2) is 6.89. The van der Waals surface area contributed by atoms with E-state index in [1.54, 1.807) is 6.07 Å². The van der Waals surface area contributed by atoms with Gasteiger partial charge in [-0.3, -0.25) is 0 Å². The van der Waals surface area contributed by atoms with Crippen LogP contribution in [0.1, 0.15) is 25.1 Å². The summed E-state index contributed by atoms with van der Waals surface area (Å²) in [6, 6.07) is 17.4. The predicted molar refractivity (Wildman–Crippen MR) is 98.9 cm³/mol. The van der Waals surface area contributed by atoms with Crippen molar-refractivity contribution in [2.45, 2.75) is 20.3 Å². The molecule has 122 valence electrons. The molecule has 2 aromatic heterocycles. The maximum Gasteiger partial charge on any atom is 0.347 e. The van der Waals surface area contributed by atoms with Gasteiger partial charge in [0.2, 0.25) is 0 Å². The number of rotatable bonds is 2. The first kappa shape index (κ1) is 16.3. The molecule has 2 aromatic carbocycles. The lowest BCUT2D eigenvalue weighted by Crippen LogP contribution is -2.17. The van der Waals surface area contributed by atoms with Gasteiger partial charge in [0, 0.05) is 16.8 Å². The van der Waals surface area contributed by atoms with Crippen molar-refractivity contribution in [1.82, 2.24) is 14.6 Å². The Kier molecular flexibility index (Phi) is 4.67. The lowest BCUT2D eigenvalue weighted by atomic mass is 10.1.